The number of benzene rings is 1. The normalized spacial score (nSPS) is 20.4. The number of nitrogens with zero attached hydrogens (tertiary/aromatic N) is 2. The molecule has 3 rings (SSSR count). The summed E-state index contributed by atoms with van der Waals surface area (Å²) >= 11 is 0. The number of halogens is 1. The molecule has 1 saturated heterocycles. The van der Waals surface area contributed by atoms with E-state index >= 15 is 0 Å². The van der Waals surface area contributed by atoms with Gasteiger partial charge in [-0.2, -0.15) is 0 Å². The van der Waals surface area contributed by atoms with Crippen LogP contribution in [-0.2, 0) is 0 Å². The first kappa shape index (κ1) is 15.4. The first-order valence-corrected chi connectivity index (χ1v) is 7.98. The second kappa shape index (κ2) is 5.97. The fraction of sp³-hybridized carbons (Fsp3) is 0.588. The summed E-state index contributed by atoms with van der Waals surface area (Å²) < 4.78 is 18.5. The van der Waals surface area contributed by atoms with Crippen LogP contribution < -0.4 is 0 Å². The van der Waals surface area contributed by atoms with Gasteiger partial charge in [0, 0.05) is 23.9 Å². The minimum atomic E-state index is -0.620. The third-order valence-corrected chi connectivity index (χ3v) is 4.76. The van der Waals surface area contributed by atoms with Crippen LogP contribution in [0.3, 0.4) is 0 Å². The Bertz CT molecular complexity index is 645. The molecule has 1 aromatic heterocycles. The SMILES string of the molecule is CCC(C)(O)CN1CCC(c2noc3cc(F)ccc23)CC1. The molecule has 1 N–H and O–H groups in total. The van der Waals surface area contributed by atoms with Crippen molar-refractivity contribution in [3.8, 4) is 0 Å². The lowest BCUT2D eigenvalue weighted by Gasteiger charge is -2.35. The number of hydrogen-bond acceptors (Lipinski definition) is 4. The molecule has 0 amide bonds. The fourth-order valence-electron chi connectivity index (χ4n) is 3.18. The molecule has 1 atom stereocenters. The van der Waals surface area contributed by atoms with Crippen LogP contribution in [0.1, 0.15) is 44.7 Å². The Morgan fingerprint density at radius 2 is 2.14 bits per heavy atom. The Balaban J connectivity index is 1.68. The largest absolute Gasteiger partial charge is 0.389 e. The van der Waals surface area contributed by atoms with Crippen molar-refractivity contribution in [1.29, 1.82) is 0 Å². The van der Waals surface area contributed by atoms with Gasteiger partial charge >= 0.3 is 0 Å². The van der Waals surface area contributed by atoms with E-state index in [1.54, 1.807) is 6.07 Å². The van der Waals surface area contributed by atoms with E-state index in [2.05, 4.69) is 10.1 Å². The quantitative estimate of drug-likeness (QED) is 0.941. The van der Waals surface area contributed by atoms with Gasteiger partial charge in [0.05, 0.1) is 11.3 Å². The Morgan fingerprint density at radius 3 is 2.82 bits per heavy atom. The van der Waals surface area contributed by atoms with Crippen LogP contribution in [0.25, 0.3) is 11.0 Å². The molecule has 1 aromatic carbocycles. The van der Waals surface area contributed by atoms with E-state index in [4.69, 9.17) is 4.52 Å². The van der Waals surface area contributed by atoms with Crippen molar-refractivity contribution in [2.24, 2.45) is 0 Å². The van der Waals surface area contributed by atoms with Crippen molar-refractivity contribution < 1.29 is 14.0 Å². The number of aromatic nitrogens is 1. The van der Waals surface area contributed by atoms with Crippen LogP contribution in [0, 0.1) is 5.82 Å². The molecule has 0 spiro atoms. The van der Waals surface area contributed by atoms with Gasteiger partial charge in [-0.15, -0.1) is 0 Å². The summed E-state index contributed by atoms with van der Waals surface area (Å²) in [5, 5.41) is 15.3. The van der Waals surface area contributed by atoms with Crippen molar-refractivity contribution in [2.75, 3.05) is 19.6 Å². The van der Waals surface area contributed by atoms with E-state index in [1.807, 2.05) is 13.8 Å². The summed E-state index contributed by atoms with van der Waals surface area (Å²) in [5.41, 5.74) is 0.841. The molecule has 0 aliphatic carbocycles. The van der Waals surface area contributed by atoms with Crippen molar-refractivity contribution >= 4 is 11.0 Å². The first-order valence-electron chi connectivity index (χ1n) is 7.98. The minimum Gasteiger partial charge on any atom is -0.389 e. The van der Waals surface area contributed by atoms with E-state index in [-0.39, 0.29) is 5.82 Å². The third kappa shape index (κ3) is 3.15. The first-order chi connectivity index (χ1) is 10.5. The number of β-amino-alcohol motifs (C(OH)–C–C–N with tert-alkyl or cyclic N) is 1. The highest BCUT2D eigenvalue weighted by molar-refractivity contribution is 5.79. The number of fused-ring (bicyclic) bond motifs is 1. The summed E-state index contributed by atoms with van der Waals surface area (Å²) in [5.74, 6) is 0.0429. The summed E-state index contributed by atoms with van der Waals surface area (Å²) in [6.45, 7) is 6.49. The van der Waals surface area contributed by atoms with Gasteiger partial charge in [-0.3, -0.25) is 0 Å². The molecular weight excluding hydrogens is 283 g/mol. The van der Waals surface area contributed by atoms with Crippen LogP contribution in [0.15, 0.2) is 22.7 Å². The molecule has 120 valence electrons. The molecule has 1 aliphatic heterocycles. The lowest BCUT2D eigenvalue weighted by molar-refractivity contribution is 0.00946. The molecule has 22 heavy (non-hydrogen) atoms. The van der Waals surface area contributed by atoms with Gasteiger partial charge in [0.2, 0.25) is 0 Å². The van der Waals surface area contributed by atoms with Crippen LogP contribution in [0.5, 0.6) is 0 Å². The number of piperidine rings is 1. The Kier molecular flexibility index (Phi) is 4.19. The lowest BCUT2D eigenvalue weighted by atomic mass is 9.90. The Morgan fingerprint density at radius 1 is 1.41 bits per heavy atom. The lowest BCUT2D eigenvalue weighted by Crippen LogP contribution is -2.43. The maximum absolute atomic E-state index is 13.2. The number of aliphatic hydroxyl groups is 1. The zero-order valence-electron chi connectivity index (χ0n) is 13.2. The molecule has 0 bridgehead atoms. The molecule has 1 fully saturated rings. The number of hydrogen-bond donors (Lipinski definition) is 1. The van der Waals surface area contributed by atoms with Crippen LogP contribution >= 0.6 is 0 Å². The summed E-state index contributed by atoms with van der Waals surface area (Å²) in [7, 11) is 0. The van der Waals surface area contributed by atoms with E-state index < -0.39 is 5.60 Å². The molecule has 0 saturated carbocycles. The molecule has 2 heterocycles. The van der Waals surface area contributed by atoms with E-state index in [1.165, 1.54) is 12.1 Å². The molecule has 1 unspecified atom stereocenters. The zero-order chi connectivity index (χ0) is 15.7. The predicted molar refractivity (Wildman–Crippen MR) is 83.3 cm³/mol. The molecule has 0 radical (unpaired) electrons. The molecule has 5 heteroatoms. The van der Waals surface area contributed by atoms with E-state index in [0.717, 1.165) is 43.4 Å². The van der Waals surface area contributed by atoms with Gasteiger partial charge in [0.1, 0.15) is 5.82 Å². The molecular formula is C17H23FN2O2. The van der Waals surface area contributed by atoms with Crippen molar-refractivity contribution in [1.82, 2.24) is 10.1 Å². The maximum atomic E-state index is 13.2. The van der Waals surface area contributed by atoms with Crippen LogP contribution in [0.2, 0.25) is 0 Å². The van der Waals surface area contributed by atoms with Crippen molar-refractivity contribution in [3.63, 3.8) is 0 Å². The Labute approximate surface area is 129 Å². The summed E-state index contributed by atoms with van der Waals surface area (Å²) in [6, 6.07) is 4.60. The second-order valence-electron chi connectivity index (χ2n) is 6.61. The smallest absolute Gasteiger partial charge is 0.170 e. The summed E-state index contributed by atoms with van der Waals surface area (Å²) in [6.07, 6.45) is 2.73. The van der Waals surface area contributed by atoms with E-state index in [0.29, 0.717) is 18.0 Å². The van der Waals surface area contributed by atoms with Crippen LogP contribution in [-0.4, -0.2) is 40.4 Å². The van der Waals surface area contributed by atoms with Gasteiger partial charge in [0.25, 0.3) is 0 Å². The second-order valence-corrected chi connectivity index (χ2v) is 6.61. The highest BCUT2D eigenvalue weighted by atomic mass is 19.1. The molecule has 2 aromatic rings. The average molecular weight is 306 g/mol. The van der Waals surface area contributed by atoms with E-state index in [9.17, 15) is 9.50 Å². The molecule has 4 nitrogen and oxygen atoms in total. The van der Waals surface area contributed by atoms with Crippen molar-refractivity contribution in [2.45, 2.75) is 44.6 Å². The summed E-state index contributed by atoms with van der Waals surface area (Å²) in [4.78, 5) is 2.31. The topological polar surface area (TPSA) is 49.5 Å². The number of likely N-dealkylation sites (tertiary alicyclic amines) is 1. The monoisotopic (exact) mass is 306 g/mol. The maximum Gasteiger partial charge on any atom is 0.170 e. The van der Waals surface area contributed by atoms with Gasteiger partial charge in [-0.05, 0) is 51.4 Å². The number of rotatable bonds is 4. The highest BCUT2D eigenvalue weighted by Gasteiger charge is 2.28. The fourth-order valence-corrected chi connectivity index (χ4v) is 3.18. The van der Waals surface area contributed by atoms with Gasteiger partial charge < -0.3 is 14.5 Å². The van der Waals surface area contributed by atoms with Gasteiger partial charge in [0.15, 0.2) is 5.58 Å². The highest BCUT2D eigenvalue weighted by Crippen LogP contribution is 2.33. The minimum absolute atomic E-state index is 0.299. The zero-order valence-corrected chi connectivity index (χ0v) is 13.2. The molecule has 1 aliphatic rings. The standard InChI is InChI=1S/C17H23FN2O2/c1-3-17(2,21)11-20-8-6-12(7-9-20)16-14-5-4-13(18)10-15(14)22-19-16/h4-5,10,12,21H,3,6-9,11H2,1-2H3. The third-order valence-electron chi connectivity index (χ3n) is 4.76. The predicted octanol–water partition coefficient (Wildman–Crippen LogP) is 3.31. The van der Waals surface area contributed by atoms with Crippen LogP contribution in [0.4, 0.5) is 4.39 Å². The Hall–Kier alpha value is -1.46. The average Bonchev–Trinajstić information content (AvgIpc) is 2.90. The van der Waals surface area contributed by atoms with Gasteiger partial charge in [-0.25, -0.2) is 4.39 Å². The van der Waals surface area contributed by atoms with Crippen molar-refractivity contribution in [3.05, 3.63) is 29.7 Å². The van der Waals surface area contributed by atoms with Gasteiger partial charge in [-0.1, -0.05) is 12.1 Å².